The molecule has 3 rings (SSSR count). The van der Waals surface area contributed by atoms with Crippen LogP contribution in [0.4, 0.5) is 0 Å². The molecule has 0 amide bonds. The zero-order valence-electron chi connectivity index (χ0n) is 17.4. The number of benzene rings is 3. The Labute approximate surface area is 276 Å². The van der Waals surface area contributed by atoms with Gasteiger partial charge in [0, 0.05) is 39.9 Å². The van der Waals surface area contributed by atoms with E-state index >= 15 is 0 Å². The van der Waals surface area contributed by atoms with E-state index in [2.05, 4.69) is 137 Å². The quantitative estimate of drug-likeness (QED) is 0.221. The molecule has 6 nitrogen and oxygen atoms in total. The van der Waals surface area contributed by atoms with Crippen molar-refractivity contribution in [2.24, 2.45) is 0 Å². The summed E-state index contributed by atoms with van der Waals surface area (Å²) in [6.07, 6.45) is 0. The van der Waals surface area contributed by atoms with Gasteiger partial charge in [0.1, 0.15) is 0 Å². The van der Waals surface area contributed by atoms with Gasteiger partial charge in [0.2, 0.25) is 20.0 Å². The van der Waals surface area contributed by atoms with E-state index in [4.69, 9.17) is 0 Å². The number of halogens is 8. The van der Waals surface area contributed by atoms with Crippen LogP contribution in [0.25, 0.3) is 0 Å². The van der Waals surface area contributed by atoms with Crippen LogP contribution in [0.1, 0.15) is 11.1 Å². The Balaban J connectivity index is 1.89. The summed E-state index contributed by atoms with van der Waals surface area (Å²) in [6.45, 7) is -0.161. The van der Waals surface area contributed by atoms with Crippen LogP contribution in [0.2, 0.25) is 0 Å². The van der Waals surface area contributed by atoms with Crippen LogP contribution >= 0.6 is 127 Å². The molecule has 2 N–H and O–H groups in total. The van der Waals surface area contributed by atoms with Gasteiger partial charge >= 0.3 is 0 Å². The van der Waals surface area contributed by atoms with Crippen molar-refractivity contribution < 1.29 is 16.8 Å². The molecule has 0 aliphatic carbocycles. The summed E-state index contributed by atoms with van der Waals surface area (Å²) in [6, 6.07) is 9.66. The number of sulfonamides is 2. The molecule has 0 heterocycles. The molecule has 0 fully saturated rings. The van der Waals surface area contributed by atoms with Gasteiger partial charge in [-0.05, 0) is 169 Å². The average Bonchev–Trinajstić information content (AvgIpc) is 2.80. The molecule has 0 bridgehead atoms. The van der Waals surface area contributed by atoms with E-state index < -0.39 is 20.0 Å². The molecule has 3 aromatic carbocycles. The van der Waals surface area contributed by atoms with Crippen molar-refractivity contribution in [3.8, 4) is 0 Å². The van der Waals surface area contributed by atoms with Crippen LogP contribution in [-0.4, -0.2) is 16.8 Å². The highest BCUT2D eigenvalue weighted by molar-refractivity contribution is 9.15. The minimum atomic E-state index is -3.91. The minimum Gasteiger partial charge on any atom is -0.207 e. The summed E-state index contributed by atoms with van der Waals surface area (Å²) in [5.41, 5.74) is 1.15. The molecule has 0 atom stereocenters. The third-order valence-electron chi connectivity index (χ3n) is 4.76. The van der Waals surface area contributed by atoms with E-state index in [1.165, 1.54) is 12.1 Å². The first-order chi connectivity index (χ1) is 16.7. The molecular formula is C20H12Br8N2O4S2. The smallest absolute Gasteiger partial charge is 0.207 e. The van der Waals surface area contributed by atoms with E-state index in [-0.39, 0.29) is 22.9 Å². The van der Waals surface area contributed by atoms with E-state index in [1.54, 1.807) is 24.3 Å². The van der Waals surface area contributed by atoms with Crippen molar-refractivity contribution in [3.63, 3.8) is 0 Å². The second-order valence-electron chi connectivity index (χ2n) is 7.00. The number of hydrogen-bond acceptors (Lipinski definition) is 4. The Morgan fingerprint density at radius 3 is 1.36 bits per heavy atom. The lowest BCUT2D eigenvalue weighted by molar-refractivity contribution is 0.576. The van der Waals surface area contributed by atoms with Gasteiger partial charge in [-0.25, -0.2) is 26.3 Å². The van der Waals surface area contributed by atoms with Crippen molar-refractivity contribution in [2.45, 2.75) is 22.9 Å². The van der Waals surface area contributed by atoms with E-state index in [9.17, 15) is 16.8 Å². The maximum atomic E-state index is 13.1. The van der Waals surface area contributed by atoms with Crippen molar-refractivity contribution in [1.82, 2.24) is 9.44 Å². The zero-order valence-corrected chi connectivity index (χ0v) is 31.7. The topological polar surface area (TPSA) is 92.3 Å². The van der Waals surface area contributed by atoms with E-state index in [1.807, 2.05) is 0 Å². The molecule has 3 aromatic rings. The highest BCUT2D eigenvalue weighted by Crippen LogP contribution is 2.37. The maximum absolute atomic E-state index is 13.1. The molecule has 16 heteroatoms. The monoisotopic (exact) mass is 1040 g/mol. The van der Waals surface area contributed by atoms with Crippen LogP contribution in [0, 0.1) is 0 Å². The van der Waals surface area contributed by atoms with Gasteiger partial charge in [0.15, 0.2) is 0 Å². The number of nitrogens with one attached hydrogen (secondary N) is 2. The third kappa shape index (κ3) is 7.14. The van der Waals surface area contributed by atoms with Crippen LogP contribution in [-0.2, 0) is 33.1 Å². The predicted molar refractivity (Wildman–Crippen MR) is 169 cm³/mol. The first-order valence-electron chi connectivity index (χ1n) is 9.39. The molecule has 0 aliphatic heterocycles. The predicted octanol–water partition coefficient (Wildman–Crippen LogP) is 8.74. The van der Waals surface area contributed by atoms with E-state index in [0.717, 1.165) is 0 Å². The molecule has 36 heavy (non-hydrogen) atoms. The molecule has 0 aromatic heterocycles. The summed E-state index contributed by atoms with van der Waals surface area (Å²) in [7, 11) is -7.81. The van der Waals surface area contributed by atoms with Gasteiger partial charge in [0.25, 0.3) is 0 Å². The normalized spacial score (nSPS) is 12.2. The summed E-state index contributed by atoms with van der Waals surface area (Å²) in [5, 5.41) is 0. The largest absolute Gasteiger partial charge is 0.242 e. The molecule has 0 radical (unpaired) electrons. The molecule has 0 spiro atoms. The second-order valence-corrected chi connectivity index (χ2v) is 17.0. The Morgan fingerprint density at radius 1 is 0.500 bits per heavy atom. The maximum Gasteiger partial charge on any atom is 0.242 e. The van der Waals surface area contributed by atoms with Gasteiger partial charge in [-0.3, -0.25) is 0 Å². The van der Waals surface area contributed by atoms with Crippen LogP contribution in [0.5, 0.6) is 0 Å². The molecule has 0 unspecified atom stereocenters. The first-order valence-corrected chi connectivity index (χ1v) is 18.7. The third-order valence-corrected chi connectivity index (χ3v) is 17.0. The molecular weight excluding hydrogens is 1040 g/mol. The van der Waals surface area contributed by atoms with Gasteiger partial charge in [-0.15, -0.1) is 0 Å². The fraction of sp³-hybridized carbons (Fsp3) is 0.100. The highest BCUT2D eigenvalue weighted by Gasteiger charge is 2.24. The van der Waals surface area contributed by atoms with Crippen molar-refractivity contribution in [3.05, 3.63) is 83.3 Å². The Morgan fingerprint density at radius 2 is 0.889 bits per heavy atom. The average molecular weight is 1050 g/mol. The van der Waals surface area contributed by atoms with E-state index in [0.29, 0.717) is 46.9 Å². The summed E-state index contributed by atoms with van der Waals surface area (Å²) in [4.78, 5) is 0.110. The Hall–Kier alpha value is 1.32. The second kappa shape index (κ2) is 12.9. The SMILES string of the molecule is O=S(=O)(NCc1ccc(Br)c(Br)c1CNS(=O)(=O)c1ccc(Br)c(Br)c1Br)c1ccc(Br)c(Br)c1Br. The lowest BCUT2D eigenvalue weighted by Crippen LogP contribution is -2.27. The summed E-state index contributed by atoms with van der Waals surface area (Å²) < 4.78 is 61.9. The molecule has 0 aliphatic rings. The van der Waals surface area contributed by atoms with Crippen LogP contribution in [0.15, 0.2) is 82.0 Å². The standard InChI is InChI=1S/C20H12Br8N2O4S2/c21-11-2-1-9(7-29-35(31,32)14-5-3-12(22)17(25)19(14)27)10(16(11)24)8-30-36(33,34)15-6-4-13(23)18(26)20(15)28/h1-6,29-30H,7-8H2. The first kappa shape index (κ1) is 31.8. The lowest BCUT2D eigenvalue weighted by Gasteiger charge is -2.16. The zero-order chi connectivity index (χ0) is 27.0. The lowest BCUT2D eigenvalue weighted by atomic mass is 10.1. The van der Waals surface area contributed by atoms with Gasteiger partial charge in [0.05, 0.1) is 18.7 Å². The van der Waals surface area contributed by atoms with Crippen molar-refractivity contribution >= 4 is 147 Å². The van der Waals surface area contributed by atoms with Crippen molar-refractivity contribution in [2.75, 3.05) is 0 Å². The van der Waals surface area contributed by atoms with Crippen LogP contribution < -0.4 is 9.44 Å². The van der Waals surface area contributed by atoms with Gasteiger partial charge < -0.3 is 0 Å². The molecule has 0 saturated carbocycles. The Kier molecular flexibility index (Phi) is 11.4. The molecule has 194 valence electrons. The fourth-order valence-corrected chi connectivity index (χ4v) is 10.1. The summed E-state index contributed by atoms with van der Waals surface area (Å²) >= 11 is 26.9. The van der Waals surface area contributed by atoms with Gasteiger partial charge in [-0.1, -0.05) is 6.07 Å². The minimum absolute atomic E-state index is 0.0524. The number of hydrogen-bond donors (Lipinski definition) is 2. The highest BCUT2D eigenvalue weighted by atomic mass is 79.9. The summed E-state index contributed by atoms with van der Waals surface area (Å²) in [5.74, 6) is 0. The van der Waals surface area contributed by atoms with Crippen molar-refractivity contribution in [1.29, 1.82) is 0 Å². The van der Waals surface area contributed by atoms with Gasteiger partial charge in [-0.2, -0.15) is 0 Å². The Bertz CT molecular complexity index is 1560. The number of rotatable bonds is 8. The van der Waals surface area contributed by atoms with Crippen LogP contribution in [0.3, 0.4) is 0 Å². The fourth-order valence-electron chi connectivity index (χ4n) is 2.92. The molecule has 0 saturated heterocycles.